The van der Waals surface area contributed by atoms with Gasteiger partial charge in [0.05, 0.1) is 12.3 Å². The van der Waals surface area contributed by atoms with E-state index in [9.17, 15) is 0 Å². The van der Waals surface area contributed by atoms with Crippen molar-refractivity contribution in [3.8, 4) is 5.75 Å². The molecule has 0 saturated carbocycles. The van der Waals surface area contributed by atoms with Crippen LogP contribution in [0.15, 0.2) is 42.0 Å². The quantitative estimate of drug-likeness (QED) is 0.193. The molecule has 1 rings (SSSR count). The molecule has 0 bridgehead atoms. The highest BCUT2D eigenvalue weighted by Crippen LogP contribution is 2.14. The molecule has 0 aromatic heterocycles. The van der Waals surface area contributed by atoms with E-state index in [1.807, 2.05) is 37.3 Å². The van der Waals surface area contributed by atoms with Crippen molar-refractivity contribution in [2.24, 2.45) is 10.9 Å². The molecule has 0 aliphatic rings. The second-order valence-corrected chi connectivity index (χ2v) is 5.64. The van der Waals surface area contributed by atoms with E-state index < -0.39 is 0 Å². The van der Waals surface area contributed by atoms with Gasteiger partial charge in [-0.1, -0.05) is 38.2 Å². The lowest BCUT2D eigenvalue weighted by Gasteiger charge is -2.07. The molecular formula is C19H30N2O. The number of benzene rings is 1. The molecule has 0 unspecified atom stereocenters. The third-order valence-electron chi connectivity index (χ3n) is 3.79. The highest BCUT2D eigenvalue weighted by atomic mass is 16.5. The Morgan fingerprint density at radius 2 is 1.64 bits per heavy atom. The molecule has 0 heterocycles. The number of ether oxygens (including phenoxy) is 1. The largest absolute Gasteiger partial charge is 0.494 e. The smallest absolute Gasteiger partial charge is 0.119 e. The molecule has 3 nitrogen and oxygen atoms in total. The van der Waals surface area contributed by atoms with E-state index in [0.717, 1.165) is 36.5 Å². The first-order chi connectivity index (χ1) is 10.8. The Kier molecular flexibility index (Phi) is 9.84. The third kappa shape index (κ3) is 7.87. The van der Waals surface area contributed by atoms with Gasteiger partial charge < -0.3 is 10.6 Å². The van der Waals surface area contributed by atoms with Gasteiger partial charge in [-0.15, -0.1) is 6.58 Å². The van der Waals surface area contributed by atoms with E-state index in [2.05, 4.69) is 11.7 Å². The Bertz CT molecular complexity index is 437. The summed E-state index contributed by atoms with van der Waals surface area (Å²) in [6.45, 7) is 6.43. The van der Waals surface area contributed by atoms with E-state index in [1.54, 1.807) is 0 Å². The summed E-state index contributed by atoms with van der Waals surface area (Å²) in [7, 11) is 0. The Hall–Kier alpha value is -1.77. The molecule has 0 atom stereocenters. The van der Waals surface area contributed by atoms with Crippen LogP contribution in [0.2, 0.25) is 0 Å². The summed E-state index contributed by atoms with van der Waals surface area (Å²) in [4.78, 5) is 0. The van der Waals surface area contributed by atoms with Crippen molar-refractivity contribution in [1.82, 2.24) is 0 Å². The van der Waals surface area contributed by atoms with Crippen molar-refractivity contribution >= 4 is 5.71 Å². The molecule has 0 fully saturated rings. The van der Waals surface area contributed by atoms with E-state index in [4.69, 9.17) is 10.6 Å². The van der Waals surface area contributed by atoms with Gasteiger partial charge in [-0.25, -0.2) is 0 Å². The maximum Gasteiger partial charge on any atom is 0.119 e. The fraction of sp³-hybridized carbons (Fsp3) is 0.526. The van der Waals surface area contributed by atoms with E-state index in [1.165, 1.54) is 38.5 Å². The second-order valence-electron chi connectivity index (χ2n) is 5.64. The van der Waals surface area contributed by atoms with Gasteiger partial charge in [0.1, 0.15) is 5.75 Å². The van der Waals surface area contributed by atoms with Crippen molar-refractivity contribution in [1.29, 1.82) is 0 Å². The average Bonchev–Trinajstić information content (AvgIpc) is 2.56. The average molecular weight is 302 g/mol. The molecule has 0 spiro atoms. The summed E-state index contributed by atoms with van der Waals surface area (Å²) in [6, 6.07) is 7.93. The number of hydrogen-bond donors (Lipinski definition) is 1. The van der Waals surface area contributed by atoms with Crippen LogP contribution in [0.4, 0.5) is 0 Å². The number of unbranched alkanes of at least 4 members (excludes halogenated alkanes) is 7. The van der Waals surface area contributed by atoms with Crippen LogP contribution in [0.25, 0.3) is 0 Å². The number of rotatable bonds is 12. The minimum atomic E-state index is 0.791. The number of nitrogens with two attached hydrogens (primary N) is 1. The number of hydrogen-bond acceptors (Lipinski definition) is 3. The van der Waals surface area contributed by atoms with Crippen LogP contribution in [-0.4, -0.2) is 12.3 Å². The summed E-state index contributed by atoms with van der Waals surface area (Å²) < 4.78 is 5.75. The van der Waals surface area contributed by atoms with Gasteiger partial charge in [0.25, 0.3) is 0 Å². The fourth-order valence-corrected chi connectivity index (χ4v) is 2.33. The lowest BCUT2D eigenvalue weighted by molar-refractivity contribution is 0.304. The lowest BCUT2D eigenvalue weighted by Crippen LogP contribution is -2.00. The molecule has 1 aromatic carbocycles. The normalized spacial score (nSPS) is 11.4. The van der Waals surface area contributed by atoms with Crippen LogP contribution in [0.3, 0.4) is 0 Å². The summed E-state index contributed by atoms with van der Waals surface area (Å²) >= 11 is 0. The van der Waals surface area contributed by atoms with Gasteiger partial charge >= 0.3 is 0 Å². The van der Waals surface area contributed by atoms with Crippen LogP contribution in [0.5, 0.6) is 5.75 Å². The van der Waals surface area contributed by atoms with Gasteiger partial charge in [0.15, 0.2) is 0 Å². The highest BCUT2D eigenvalue weighted by Gasteiger charge is 1.98. The first kappa shape index (κ1) is 18.3. The summed E-state index contributed by atoms with van der Waals surface area (Å²) in [6.07, 6.45) is 12.1. The maximum absolute atomic E-state index is 5.75. The molecule has 2 N–H and O–H groups in total. The second kappa shape index (κ2) is 11.8. The van der Waals surface area contributed by atoms with Crippen LogP contribution in [0.1, 0.15) is 63.9 Å². The van der Waals surface area contributed by atoms with Crippen LogP contribution >= 0.6 is 0 Å². The summed E-state index contributed by atoms with van der Waals surface area (Å²) in [5, 5.41) is 3.69. The highest BCUT2D eigenvalue weighted by molar-refractivity contribution is 5.98. The number of hydrazone groups is 1. The molecule has 3 heteroatoms. The standard InChI is InChI=1S/C19H30N2O/c1-3-4-5-6-7-8-9-10-11-16-22-19-14-12-18(13-15-19)17(2)21-20/h3,12-15H,1,4-11,16,20H2,2H3/b21-17+. The zero-order valence-corrected chi connectivity index (χ0v) is 13.9. The Morgan fingerprint density at radius 3 is 2.23 bits per heavy atom. The SMILES string of the molecule is C=CCCCCCCCCCOc1ccc(/C(C)=N/N)cc1. The minimum Gasteiger partial charge on any atom is -0.494 e. The van der Waals surface area contributed by atoms with Gasteiger partial charge in [0.2, 0.25) is 0 Å². The fourth-order valence-electron chi connectivity index (χ4n) is 2.33. The molecule has 0 amide bonds. The zero-order valence-electron chi connectivity index (χ0n) is 13.9. The first-order valence-electron chi connectivity index (χ1n) is 8.36. The Balaban J connectivity index is 2.04. The van der Waals surface area contributed by atoms with Gasteiger partial charge in [-0.05, 0) is 56.0 Å². The molecule has 122 valence electrons. The molecule has 1 aromatic rings. The molecule has 0 aliphatic heterocycles. The minimum absolute atomic E-state index is 0.791. The number of nitrogens with zero attached hydrogens (tertiary/aromatic N) is 1. The van der Waals surface area contributed by atoms with Crippen molar-refractivity contribution in [2.45, 2.75) is 58.3 Å². The van der Waals surface area contributed by atoms with Crippen LogP contribution in [-0.2, 0) is 0 Å². The lowest BCUT2D eigenvalue weighted by atomic mass is 10.1. The molecular weight excluding hydrogens is 272 g/mol. The molecule has 22 heavy (non-hydrogen) atoms. The van der Waals surface area contributed by atoms with Crippen molar-refractivity contribution in [2.75, 3.05) is 6.61 Å². The Labute approximate surface area is 135 Å². The Morgan fingerprint density at radius 1 is 1.05 bits per heavy atom. The van der Waals surface area contributed by atoms with Crippen LogP contribution in [0, 0.1) is 0 Å². The first-order valence-corrected chi connectivity index (χ1v) is 8.36. The third-order valence-corrected chi connectivity index (χ3v) is 3.79. The van der Waals surface area contributed by atoms with Crippen molar-refractivity contribution < 1.29 is 4.74 Å². The summed E-state index contributed by atoms with van der Waals surface area (Å²) in [5.74, 6) is 6.18. The van der Waals surface area contributed by atoms with E-state index in [-0.39, 0.29) is 0 Å². The zero-order chi connectivity index (χ0) is 16.0. The van der Waals surface area contributed by atoms with Gasteiger partial charge in [-0.2, -0.15) is 5.10 Å². The van der Waals surface area contributed by atoms with Crippen LogP contribution < -0.4 is 10.6 Å². The van der Waals surface area contributed by atoms with E-state index >= 15 is 0 Å². The topological polar surface area (TPSA) is 47.6 Å². The maximum atomic E-state index is 5.75. The van der Waals surface area contributed by atoms with Crippen molar-refractivity contribution in [3.05, 3.63) is 42.5 Å². The molecule has 0 radical (unpaired) electrons. The predicted molar refractivity (Wildman–Crippen MR) is 95.5 cm³/mol. The van der Waals surface area contributed by atoms with E-state index in [0.29, 0.717) is 0 Å². The predicted octanol–water partition coefficient (Wildman–Crippen LogP) is 5.05. The monoisotopic (exact) mass is 302 g/mol. The molecule has 0 saturated heterocycles. The van der Waals surface area contributed by atoms with Gasteiger partial charge in [0, 0.05) is 0 Å². The van der Waals surface area contributed by atoms with Gasteiger partial charge in [-0.3, -0.25) is 0 Å². The summed E-state index contributed by atoms with van der Waals surface area (Å²) in [5.41, 5.74) is 1.87. The molecule has 0 aliphatic carbocycles. The van der Waals surface area contributed by atoms with Crippen molar-refractivity contribution in [3.63, 3.8) is 0 Å². The number of allylic oxidation sites excluding steroid dienone is 1.